The molecule has 6 heteroatoms. The zero-order valence-corrected chi connectivity index (χ0v) is 11.3. The first kappa shape index (κ1) is 13.0. The SMILES string of the molecule is O=C1CCc2cc(F)c(NCc3ccc(Cl)o3)cc2N1. The summed E-state index contributed by atoms with van der Waals surface area (Å²) < 4.78 is 19.1. The van der Waals surface area contributed by atoms with Crippen LogP contribution in [0.25, 0.3) is 0 Å². The highest BCUT2D eigenvalue weighted by atomic mass is 35.5. The smallest absolute Gasteiger partial charge is 0.224 e. The second-order valence-corrected chi connectivity index (χ2v) is 4.97. The lowest BCUT2D eigenvalue weighted by molar-refractivity contribution is -0.116. The third-order valence-electron chi connectivity index (χ3n) is 3.17. The molecule has 2 aromatic rings. The van der Waals surface area contributed by atoms with E-state index in [1.165, 1.54) is 6.07 Å². The second kappa shape index (κ2) is 5.17. The van der Waals surface area contributed by atoms with Crippen molar-refractivity contribution in [2.75, 3.05) is 10.6 Å². The zero-order chi connectivity index (χ0) is 14.1. The van der Waals surface area contributed by atoms with Gasteiger partial charge in [0.15, 0.2) is 5.22 Å². The van der Waals surface area contributed by atoms with E-state index >= 15 is 0 Å². The molecule has 20 heavy (non-hydrogen) atoms. The molecule has 0 aliphatic carbocycles. The Hall–Kier alpha value is -2.01. The summed E-state index contributed by atoms with van der Waals surface area (Å²) in [6.45, 7) is 0.316. The molecule has 4 nitrogen and oxygen atoms in total. The van der Waals surface area contributed by atoms with E-state index in [9.17, 15) is 9.18 Å². The molecule has 1 aliphatic heterocycles. The van der Waals surface area contributed by atoms with Gasteiger partial charge in [-0.15, -0.1) is 0 Å². The average molecular weight is 295 g/mol. The number of hydrogen-bond acceptors (Lipinski definition) is 3. The molecule has 0 unspecified atom stereocenters. The summed E-state index contributed by atoms with van der Waals surface area (Å²) in [5.41, 5.74) is 1.79. The van der Waals surface area contributed by atoms with E-state index in [0.717, 1.165) is 5.56 Å². The summed E-state index contributed by atoms with van der Waals surface area (Å²) in [6.07, 6.45) is 0.955. The molecule has 2 heterocycles. The number of benzene rings is 1. The Labute approximate surface area is 119 Å². The molecule has 1 amide bonds. The summed E-state index contributed by atoms with van der Waals surface area (Å²) in [5.74, 6) is 0.210. The number of rotatable bonds is 3. The molecule has 1 aromatic heterocycles. The number of aryl methyl sites for hydroxylation is 1. The number of amides is 1. The van der Waals surface area contributed by atoms with Crippen LogP contribution in [-0.2, 0) is 17.8 Å². The Kier molecular flexibility index (Phi) is 3.36. The molecule has 0 bridgehead atoms. The van der Waals surface area contributed by atoms with Crippen LogP contribution in [0.3, 0.4) is 0 Å². The van der Waals surface area contributed by atoms with Crippen molar-refractivity contribution in [2.24, 2.45) is 0 Å². The maximum absolute atomic E-state index is 14.0. The molecular weight excluding hydrogens is 283 g/mol. The van der Waals surface area contributed by atoms with Crippen LogP contribution in [0.15, 0.2) is 28.7 Å². The van der Waals surface area contributed by atoms with Gasteiger partial charge in [-0.3, -0.25) is 4.79 Å². The molecule has 1 aromatic carbocycles. The first-order chi connectivity index (χ1) is 9.61. The molecule has 0 fully saturated rings. The predicted octanol–water partition coefficient (Wildman–Crippen LogP) is 3.57. The van der Waals surface area contributed by atoms with Gasteiger partial charge in [0.2, 0.25) is 5.91 Å². The minimum Gasteiger partial charge on any atom is -0.448 e. The second-order valence-electron chi connectivity index (χ2n) is 4.60. The number of halogens is 2. The molecule has 0 saturated heterocycles. The molecule has 0 saturated carbocycles. The van der Waals surface area contributed by atoms with Crippen molar-refractivity contribution < 1.29 is 13.6 Å². The largest absolute Gasteiger partial charge is 0.448 e. The van der Waals surface area contributed by atoms with Crippen LogP contribution in [0.4, 0.5) is 15.8 Å². The topological polar surface area (TPSA) is 54.3 Å². The number of anilines is 2. The zero-order valence-electron chi connectivity index (χ0n) is 10.5. The van der Waals surface area contributed by atoms with Gasteiger partial charge >= 0.3 is 0 Å². The van der Waals surface area contributed by atoms with Gasteiger partial charge in [0.25, 0.3) is 0 Å². The van der Waals surface area contributed by atoms with E-state index in [1.54, 1.807) is 18.2 Å². The van der Waals surface area contributed by atoms with Crippen molar-refractivity contribution in [3.05, 3.63) is 46.6 Å². The van der Waals surface area contributed by atoms with Gasteiger partial charge in [-0.1, -0.05) is 0 Å². The van der Waals surface area contributed by atoms with Crippen molar-refractivity contribution in [2.45, 2.75) is 19.4 Å². The van der Waals surface area contributed by atoms with E-state index < -0.39 is 0 Å². The average Bonchev–Trinajstić information content (AvgIpc) is 2.83. The number of carbonyl (C=O) groups excluding carboxylic acids is 1. The molecule has 0 radical (unpaired) electrons. The maximum Gasteiger partial charge on any atom is 0.224 e. The minimum atomic E-state index is -0.349. The van der Waals surface area contributed by atoms with Gasteiger partial charge in [0.1, 0.15) is 11.6 Å². The van der Waals surface area contributed by atoms with Crippen molar-refractivity contribution >= 4 is 28.9 Å². The molecule has 3 rings (SSSR count). The van der Waals surface area contributed by atoms with E-state index in [2.05, 4.69) is 10.6 Å². The number of carbonyl (C=O) groups is 1. The number of nitrogens with one attached hydrogen (secondary N) is 2. The van der Waals surface area contributed by atoms with Crippen molar-refractivity contribution in [1.82, 2.24) is 0 Å². The van der Waals surface area contributed by atoms with E-state index in [-0.39, 0.29) is 11.7 Å². The Morgan fingerprint density at radius 3 is 2.95 bits per heavy atom. The van der Waals surface area contributed by atoms with Gasteiger partial charge in [0, 0.05) is 12.1 Å². The number of fused-ring (bicyclic) bond motifs is 1. The van der Waals surface area contributed by atoms with Crippen molar-refractivity contribution in [3.8, 4) is 0 Å². The third kappa shape index (κ3) is 2.63. The highest BCUT2D eigenvalue weighted by molar-refractivity contribution is 6.28. The van der Waals surface area contributed by atoms with Crippen LogP contribution in [-0.4, -0.2) is 5.91 Å². The number of hydrogen-bond donors (Lipinski definition) is 2. The minimum absolute atomic E-state index is 0.0483. The van der Waals surface area contributed by atoms with Crippen LogP contribution in [0.5, 0.6) is 0 Å². The van der Waals surface area contributed by atoms with Crippen molar-refractivity contribution in [3.63, 3.8) is 0 Å². The summed E-state index contributed by atoms with van der Waals surface area (Å²) in [6, 6.07) is 6.40. The monoisotopic (exact) mass is 294 g/mol. The summed E-state index contributed by atoms with van der Waals surface area (Å²) in [5, 5.41) is 5.96. The van der Waals surface area contributed by atoms with E-state index in [1.807, 2.05) is 0 Å². The molecular formula is C14H12ClFN2O2. The van der Waals surface area contributed by atoms with Gasteiger partial charge < -0.3 is 15.1 Å². The number of furan rings is 1. The lowest BCUT2D eigenvalue weighted by atomic mass is 10.0. The summed E-state index contributed by atoms with van der Waals surface area (Å²) >= 11 is 5.67. The molecule has 104 valence electrons. The Morgan fingerprint density at radius 1 is 1.35 bits per heavy atom. The van der Waals surface area contributed by atoms with Crippen LogP contribution >= 0.6 is 11.6 Å². The fraction of sp³-hybridized carbons (Fsp3) is 0.214. The Balaban J connectivity index is 1.79. The molecule has 0 spiro atoms. The standard InChI is InChI=1S/C14H12ClFN2O2/c15-13-3-2-9(20-13)7-17-12-6-11-8(5-10(12)16)1-4-14(19)18-11/h2-3,5-6,17H,1,4,7H2,(H,18,19). The van der Waals surface area contributed by atoms with Gasteiger partial charge in [0.05, 0.1) is 12.2 Å². The van der Waals surface area contributed by atoms with Gasteiger partial charge in [-0.2, -0.15) is 0 Å². The van der Waals surface area contributed by atoms with E-state index in [4.69, 9.17) is 16.0 Å². The van der Waals surface area contributed by atoms with Crippen LogP contribution in [0.2, 0.25) is 5.22 Å². The quantitative estimate of drug-likeness (QED) is 0.910. The van der Waals surface area contributed by atoms with Crippen LogP contribution in [0, 0.1) is 5.82 Å². The lowest BCUT2D eigenvalue weighted by Crippen LogP contribution is -2.19. The highest BCUT2D eigenvalue weighted by Crippen LogP contribution is 2.29. The maximum atomic E-state index is 14.0. The Bertz CT molecular complexity index is 669. The Morgan fingerprint density at radius 2 is 2.20 bits per heavy atom. The highest BCUT2D eigenvalue weighted by Gasteiger charge is 2.17. The first-order valence-electron chi connectivity index (χ1n) is 6.22. The van der Waals surface area contributed by atoms with Crippen molar-refractivity contribution in [1.29, 1.82) is 0 Å². The third-order valence-corrected chi connectivity index (χ3v) is 3.37. The van der Waals surface area contributed by atoms with Gasteiger partial charge in [-0.25, -0.2) is 4.39 Å². The molecule has 1 aliphatic rings. The molecule has 2 N–H and O–H groups in total. The van der Waals surface area contributed by atoms with Crippen LogP contribution in [0.1, 0.15) is 17.7 Å². The fourth-order valence-corrected chi connectivity index (χ4v) is 2.33. The summed E-state index contributed by atoms with van der Waals surface area (Å²) in [4.78, 5) is 11.3. The predicted molar refractivity (Wildman–Crippen MR) is 74.4 cm³/mol. The fourth-order valence-electron chi connectivity index (χ4n) is 2.16. The van der Waals surface area contributed by atoms with Gasteiger partial charge in [-0.05, 0) is 47.9 Å². The molecule has 0 atom stereocenters. The normalized spacial score (nSPS) is 13.8. The summed E-state index contributed by atoms with van der Waals surface area (Å²) in [7, 11) is 0. The van der Waals surface area contributed by atoms with E-state index in [0.29, 0.717) is 41.7 Å². The first-order valence-corrected chi connectivity index (χ1v) is 6.60. The lowest BCUT2D eigenvalue weighted by Gasteiger charge is -2.18. The van der Waals surface area contributed by atoms with Crippen LogP contribution < -0.4 is 10.6 Å².